The maximum absolute atomic E-state index is 13.3. The van der Waals surface area contributed by atoms with E-state index in [1.165, 1.54) is 17.0 Å². The van der Waals surface area contributed by atoms with Crippen LogP contribution in [0.15, 0.2) is 48.5 Å². The van der Waals surface area contributed by atoms with E-state index < -0.39 is 6.04 Å². The summed E-state index contributed by atoms with van der Waals surface area (Å²) in [6.45, 7) is 5.02. The van der Waals surface area contributed by atoms with Gasteiger partial charge in [0.1, 0.15) is 17.6 Å². The molecule has 168 valence electrons. The number of hydrogen-bond donors (Lipinski definition) is 1. The van der Waals surface area contributed by atoms with Crippen LogP contribution < -0.4 is 10.1 Å². The van der Waals surface area contributed by atoms with Gasteiger partial charge in [-0.2, -0.15) is 0 Å². The van der Waals surface area contributed by atoms with Crippen molar-refractivity contribution in [2.45, 2.75) is 32.9 Å². The largest absolute Gasteiger partial charge is 0.482 e. The molecule has 2 aromatic carbocycles. The van der Waals surface area contributed by atoms with Crippen LogP contribution in [0, 0.1) is 5.82 Å². The Morgan fingerprint density at radius 2 is 1.87 bits per heavy atom. The molecule has 0 aliphatic carbocycles. The van der Waals surface area contributed by atoms with Crippen LogP contribution in [0.5, 0.6) is 5.75 Å². The van der Waals surface area contributed by atoms with E-state index in [0.717, 1.165) is 0 Å². The van der Waals surface area contributed by atoms with Crippen molar-refractivity contribution in [2.24, 2.45) is 0 Å². The smallest absolute Gasteiger partial charge is 0.261 e. The van der Waals surface area contributed by atoms with E-state index in [1.54, 1.807) is 43.3 Å². The van der Waals surface area contributed by atoms with E-state index in [2.05, 4.69) is 5.32 Å². The van der Waals surface area contributed by atoms with Gasteiger partial charge >= 0.3 is 0 Å². The Bertz CT molecular complexity index is 848. The molecular formula is C23H28ClFN2O4. The Morgan fingerprint density at radius 3 is 2.55 bits per heavy atom. The average molecular weight is 451 g/mol. The molecule has 0 spiro atoms. The first-order valence-electron chi connectivity index (χ1n) is 10.2. The number of hydrogen-bond acceptors (Lipinski definition) is 4. The molecule has 0 aromatic heterocycles. The first-order valence-corrected chi connectivity index (χ1v) is 10.6. The highest BCUT2D eigenvalue weighted by Gasteiger charge is 2.26. The minimum atomic E-state index is -0.750. The first kappa shape index (κ1) is 24.6. The highest BCUT2D eigenvalue weighted by atomic mass is 35.5. The van der Waals surface area contributed by atoms with E-state index in [4.69, 9.17) is 21.1 Å². The predicted octanol–water partition coefficient (Wildman–Crippen LogP) is 3.82. The summed E-state index contributed by atoms with van der Waals surface area (Å²) in [5.74, 6) is -0.665. The minimum absolute atomic E-state index is 0.137. The summed E-state index contributed by atoms with van der Waals surface area (Å²) in [5, 5.41) is 3.21. The highest BCUT2D eigenvalue weighted by molar-refractivity contribution is 6.32. The molecule has 0 fully saturated rings. The lowest BCUT2D eigenvalue weighted by Crippen LogP contribution is -2.49. The van der Waals surface area contributed by atoms with Crippen LogP contribution in [0.25, 0.3) is 0 Å². The topological polar surface area (TPSA) is 67.9 Å². The quantitative estimate of drug-likeness (QED) is 0.499. The number of halogens is 2. The Hall–Kier alpha value is -2.64. The molecule has 0 saturated heterocycles. The number of para-hydroxylation sites is 1. The van der Waals surface area contributed by atoms with Gasteiger partial charge in [0.15, 0.2) is 6.61 Å². The van der Waals surface area contributed by atoms with E-state index >= 15 is 0 Å². The standard InChI is InChI=1S/C23H28ClFN2O4/c1-3-30-14-6-13-26-23(29)17(2)27(15-18-9-11-19(25)12-10-18)22(28)16-31-21-8-5-4-7-20(21)24/h4-5,7-12,17H,3,6,13-16H2,1-2H3,(H,26,29)/t17-/m1/s1. The lowest BCUT2D eigenvalue weighted by molar-refractivity contribution is -0.142. The van der Waals surface area contributed by atoms with Crippen LogP contribution in [0.3, 0.4) is 0 Å². The number of benzene rings is 2. The fourth-order valence-corrected chi connectivity index (χ4v) is 3.02. The van der Waals surface area contributed by atoms with Gasteiger partial charge in [-0.05, 0) is 50.1 Å². The second-order valence-corrected chi connectivity index (χ2v) is 7.29. The van der Waals surface area contributed by atoms with Crippen molar-refractivity contribution in [3.05, 3.63) is 64.9 Å². The van der Waals surface area contributed by atoms with Crippen molar-refractivity contribution in [3.63, 3.8) is 0 Å². The molecule has 1 atom stereocenters. The number of ether oxygens (including phenoxy) is 2. The van der Waals surface area contributed by atoms with Crippen LogP contribution in [-0.4, -0.2) is 49.1 Å². The summed E-state index contributed by atoms with van der Waals surface area (Å²) in [6, 6.07) is 11.9. The molecule has 8 heteroatoms. The van der Waals surface area contributed by atoms with E-state index in [0.29, 0.717) is 42.5 Å². The minimum Gasteiger partial charge on any atom is -0.482 e. The molecule has 2 amide bonds. The lowest BCUT2D eigenvalue weighted by Gasteiger charge is -2.28. The number of nitrogens with zero attached hydrogens (tertiary/aromatic N) is 1. The second-order valence-electron chi connectivity index (χ2n) is 6.88. The molecule has 0 bridgehead atoms. The molecule has 1 N–H and O–H groups in total. The monoisotopic (exact) mass is 450 g/mol. The Morgan fingerprint density at radius 1 is 1.16 bits per heavy atom. The maximum atomic E-state index is 13.3. The molecule has 0 aliphatic heterocycles. The highest BCUT2D eigenvalue weighted by Crippen LogP contribution is 2.23. The third-order valence-corrected chi connectivity index (χ3v) is 4.90. The van der Waals surface area contributed by atoms with Gasteiger partial charge in [0.2, 0.25) is 5.91 Å². The summed E-state index contributed by atoms with van der Waals surface area (Å²) in [6.07, 6.45) is 0.674. The van der Waals surface area contributed by atoms with Crippen LogP contribution in [0.1, 0.15) is 25.8 Å². The van der Waals surface area contributed by atoms with Crippen LogP contribution in [0.4, 0.5) is 4.39 Å². The molecule has 0 heterocycles. The summed E-state index contributed by atoms with van der Waals surface area (Å²) < 4.78 is 24.1. The van der Waals surface area contributed by atoms with Gasteiger partial charge < -0.3 is 19.7 Å². The van der Waals surface area contributed by atoms with Crippen molar-refractivity contribution >= 4 is 23.4 Å². The van der Waals surface area contributed by atoms with E-state index in [9.17, 15) is 14.0 Å². The van der Waals surface area contributed by atoms with Crippen LogP contribution >= 0.6 is 11.6 Å². The van der Waals surface area contributed by atoms with Crippen LogP contribution in [0.2, 0.25) is 5.02 Å². The zero-order valence-corrected chi connectivity index (χ0v) is 18.5. The van der Waals surface area contributed by atoms with Crippen LogP contribution in [-0.2, 0) is 20.9 Å². The first-order chi connectivity index (χ1) is 14.9. The van der Waals surface area contributed by atoms with Crippen molar-refractivity contribution in [1.82, 2.24) is 10.2 Å². The van der Waals surface area contributed by atoms with Gasteiger partial charge in [-0.1, -0.05) is 35.9 Å². The van der Waals surface area contributed by atoms with Crippen molar-refractivity contribution in [3.8, 4) is 5.75 Å². The molecule has 6 nitrogen and oxygen atoms in total. The number of carbonyl (C=O) groups is 2. The Labute approximate surface area is 187 Å². The fraction of sp³-hybridized carbons (Fsp3) is 0.391. The zero-order chi connectivity index (χ0) is 22.6. The summed E-state index contributed by atoms with van der Waals surface area (Å²) >= 11 is 6.08. The van der Waals surface area contributed by atoms with E-state index in [1.807, 2.05) is 6.92 Å². The predicted molar refractivity (Wildman–Crippen MR) is 117 cm³/mol. The molecule has 0 unspecified atom stereocenters. The summed E-state index contributed by atoms with van der Waals surface area (Å²) in [5.41, 5.74) is 0.698. The molecule has 0 aliphatic rings. The fourth-order valence-electron chi connectivity index (χ4n) is 2.83. The molecule has 0 saturated carbocycles. The zero-order valence-electron chi connectivity index (χ0n) is 17.8. The third-order valence-electron chi connectivity index (χ3n) is 4.59. The SMILES string of the molecule is CCOCCCNC(=O)[C@@H](C)N(Cc1ccc(F)cc1)C(=O)COc1ccccc1Cl. The molecule has 0 radical (unpaired) electrons. The van der Waals surface area contributed by atoms with E-state index in [-0.39, 0.29) is 30.8 Å². The molecule has 2 aromatic rings. The van der Waals surface area contributed by atoms with Gasteiger partial charge in [0.25, 0.3) is 5.91 Å². The van der Waals surface area contributed by atoms with Gasteiger partial charge in [-0.15, -0.1) is 0 Å². The lowest BCUT2D eigenvalue weighted by atomic mass is 10.1. The molecular weight excluding hydrogens is 423 g/mol. The Kier molecular flexibility index (Phi) is 10.3. The van der Waals surface area contributed by atoms with Crippen molar-refractivity contribution in [2.75, 3.05) is 26.4 Å². The number of carbonyl (C=O) groups excluding carboxylic acids is 2. The normalized spacial score (nSPS) is 11.6. The molecule has 2 rings (SSSR count). The Balaban J connectivity index is 2.05. The third kappa shape index (κ3) is 8.19. The number of amides is 2. The summed E-state index contributed by atoms with van der Waals surface area (Å²) in [7, 11) is 0. The maximum Gasteiger partial charge on any atom is 0.261 e. The van der Waals surface area contributed by atoms with Gasteiger partial charge in [0.05, 0.1) is 5.02 Å². The second kappa shape index (κ2) is 12.9. The average Bonchev–Trinajstić information content (AvgIpc) is 2.77. The van der Waals surface area contributed by atoms with Gasteiger partial charge in [0, 0.05) is 26.3 Å². The number of rotatable bonds is 12. The van der Waals surface area contributed by atoms with Gasteiger partial charge in [-0.25, -0.2) is 4.39 Å². The molecule has 31 heavy (non-hydrogen) atoms. The van der Waals surface area contributed by atoms with Crippen molar-refractivity contribution in [1.29, 1.82) is 0 Å². The summed E-state index contributed by atoms with van der Waals surface area (Å²) in [4.78, 5) is 27.0. The van der Waals surface area contributed by atoms with Crippen molar-refractivity contribution < 1.29 is 23.5 Å². The van der Waals surface area contributed by atoms with Gasteiger partial charge in [-0.3, -0.25) is 9.59 Å². The number of nitrogens with one attached hydrogen (secondary N) is 1.